The number of carbonyl (C=O) groups excluding carboxylic acids is 2. The first-order valence-corrected chi connectivity index (χ1v) is 16.3. The fourth-order valence-electron chi connectivity index (χ4n) is 7.13. The molecule has 2 saturated heterocycles. The number of para-hydroxylation sites is 1. The van der Waals surface area contributed by atoms with Crippen LogP contribution in [0.25, 0.3) is 10.9 Å². The van der Waals surface area contributed by atoms with Crippen molar-refractivity contribution >= 4 is 22.6 Å². The molecule has 9 nitrogen and oxygen atoms in total. The smallest absolute Gasteiger partial charge is 0.242 e. The molecule has 2 fully saturated rings. The van der Waals surface area contributed by atoms with E-state index in [0.717, 1.165) is 42.4 Å². The number of carbonyl (C=O) groups is 2. The summed E-state index contributed by atoms with van der Waals surface area (Å²) in [7, 11) is 1.79. The van der Waals surface area contributed by atoms with Crippen LogP contribution in [0.4, 0.5) is 0 Å². The summed E-state index contributed by atoms with van der Waals surface area (Å²) in [6, 6.07) is 13.2. The van der Waals surface area contributed by atoms with E-state index < -0.39 is 11.6 Å². The molecule has 3 aromatic rings. The molecule has 5 rings (SSSR count). The van der Waals surface area contributed by atoms with Gasteiger partial charge in [0.2, 0.25) is 5.91 Å². The Hall–Kier alpha value is -3.40. The number of piperidine rings is 2. The summed E-state index contributed by atoms with van der Waals surface area (Å²) in [5, 5.41) is 0.863. The van der Waals surface area contributed by atoms with Gasteiger partial charge in [0.25, 0.3) is 0 Å². The van der Waals surface area contributed by atoms with Crippen molar-refractivity contribution in [3.63, 3.8) is 0 Å². The van der Waals surface area contributed by atoms with Crippen LogP contribution in [0.1, 0.15) is 64.0 Å². The monoisotopic (exact) mass is 603 g/mol. The highest BCUT2D eigenvalue weighted by Crippen LogP contribution is 2.36. The van der Waals surface area contributed by atoms with Crippen LogP contribution >= 0.6 is 0 Å². The Kier molecular flexibility index (Phi) is 10.3. The normalized spacial score (nSPS) is 18.9. The van der Waals surface area contributed by atoms with Crippen molar-refractivity contribution in [3.05, 3.63) is 59.8 Å². The van der Waals surface area contributed by atoms with Crippen molar-refractivity contribution < 1.29 is 19.1 Å². The third-order valence-corrected chi connectivity index (χ3v) is 9.46. The fraction of sp³-hybridized carbons (Fsp3) is 0.543. The maximum atomic E-state index is 14.7. The Labute approximate surface area is 261 Å². The van der Waals surface area contributed by atoms with E-state index in [2.05, 4.69) is 14.8 Å². The van der Waals surface area contributed by atoms with Gasteiger partial charge in [-0.2, -0.15) is 0 Å². The van der Waals surface area contributed by atoms with Crippen molar-refractivity contribution in [2.75, 3.05) is 46.4 Å². The molecule has 2 aliphatic rings. The van der Waals surface area contributed by atoms with Crippen LogP contribution in [0, 0.1) is 0 Å². The van der Waals surface area contributed by atoms with Crippen LogP contribution in [0.3, 0.4) is 0 Å². The lowest BCUT2D eigenvalue weighted by Gasteiger charge is -2.47. The number of hydrogen-bond acceptors (Lipinski definition) is 7. The molecule has 2 aromatic carbocycles. The molecule has 2 aliphatic heterocycles. The number of rotatable bonds is 12. The van der Waals surface area contributed by atoms with E-state index in [9.17, 15) is 9.59 Å². The van der Waals surface area contributed by atoms with Gasteiger partial charge < -0.3 is 30.0 Å². The summed E-state index contributed by atoms with van der Waals surface area (Å²) < 4.78 is 11.6. The van der Waals surface area contributed by atoms with E-state index in [1.54, 1.807) is 11.9 Å². The summed E-state index contributed by atoms with van der Waals surface area (Å²) in [6.07, 6.45) is 7.52. The summed E-state index contributed by atoms with van der Waals surface area (Å²) in [5.74, 6) is 0.932. The average molecular weight is 604 g/mol. The highest BCUT2D eigenvalue weighted by Gasteiger charge is 2.51. The minimum Gasteiger partial charge on any atom is -0.490 e. The number of aromatic amines is 1. The van der Waals surface area contributed by atoms with E-state index >= 15 is 0 Å². The third-order valence-electron chi connectivity index (χ3n) is 9.46. The number of ether oxygens (including phenoxy) is 2. The second-order valence-corrected chi connectivity index (χ2v) is 12.3. The van der Waals surface area contributed by atoms with Crippen LogP contribution in [0.2, 0.25) is 0 Å². The molecule has 1 aromatic heterocycles. The Morgan fingerprint density at radius 1 is 1.00 bits per heavy atom. The minimum atomic E-state index is -1.54. The lowest BCUT2D eigenvalue weighted by molar-refractivity contribution is -0.145. The molecule has 3 heterocycles. The number of ketones is 1. The Balaban J connectivity index is 1.47. The number of hydrogen-bond donors (Lipinski definition) is 2. The zero-order valence-corrected chi connectivity index (χ0v) is 26.8. The molecule has 238 valence electrons. The SMILES string of the molecule is CCOc1ccc(CN(C)C(=O)C(N2CCC(N3CCCCC3)CC2)C(N)(C(C)=O)c2c[nH]c3ccccc23)cc1OCC. The van der Waals surface area contributed by atoms with Gasteiger partial charge in [0.05, 0.1) is 13.2 Å². The lowest BCUT2D eigenvalue weighted by atomic mass is 9.77. The summed E-state index contributed by atoms with van der Waals surface area (Å²) in [4.78, 5) is 38.2. The molecule has 1 amide bonds. The maximum Gasteiger partial charge on any atom is 0.242 e. The van der Waals surface area contributed by atoms with E-state index in [4.69, 9.17) is 15.2 Å². The number of nitrogens with zero attached hydrogens (tertiary/aromatic N) is 3. The minimum absolute atomic E-state index is 0.170. The van der Waals surface area contributed by atoms with Gasteiger partial charge in [0.1, 0.15) is 11.6 Å². The molecular weight excluding hydrogens is 554 g/mol. The fourth-order valence-corrected chi connectivity index (χ4v) is 7.13. The molecule has 2 atom stereocenters. The summed E-state index contributed by atoms with van der Waals surface area (Å²) in [5.41, 5.74) is 8.18. The van der Waals surface area contributed by atoms with Crippen LogP contribution in [-0.2, 0) is 21.7 Å². The van der Waals surface area contributed by atoms with Crippen LogP contribution in [0.15, 0.2) is 48.7 Å². The van der Waals surface area contributed by atoms with Crippen LogP contribution in [-0.4, -0.2) is 89.9 Å². The first kappa shape index (κ1) is 32.0. The summed E-state index contributed by atoms with van der Waals surface area (Å²) in [6.45, 7) is 10.5. The molecule has 44 heavy (non-hydrogen) atoms. The lowest BCUT2D eigenvalue weighted by Crippen LogP contribution is -2.67. The number of amides is 1. The quantitative estimate of drug-likeness (QED) is 0.310. The predicted molar refractivity (Wildman–Crippen MR) is 174 cm³/mol. The number of likely N-dealkylation sites (N-methyl/N-ethyl adjacent to an activating group) is 1. The van der Waals surface area contributed by atoms with Crippen molar-refractivity contribution in [3.8, 4) is 11.5 Å². The van der Waals surface area contributed by atoms with Crippen molar-refractivity contribution in [2.45, 2.75) is 77.0 Å². The number of Topliss-reactive ketones (excluding diaryl/α,β-unsaturated/α-hetero) is 1. The molecule has 0 saturated carbocycles. The largest absolute Gasteiger partial charge is 0.490 e. The van der Waals surface area contributed by atoms with Gasteiger partial charge in [-0.05, 0) is 83.3 Å². The second-order valence-electron chi connectivity index (χ2n) is 12.3. The van der Waals surface area contributed by atoms with Gasteiger partial charge in [0.15, 0.2) is 17.3 Å². The number of benzene rings is 2. The zero-order valence-electron chi connectivity index (χ0n) is 26.8. The zero-order chi connectivity index (χ0) is 31.3. The number of aromatic nitrogens is 1. The first-order valence-electron chi connectivity index (χ1n) is 16.3. The highest BCUT2D eigenvalue weighted by atomic mass is 16.5. The molecule has 0 radical (unpaired) electrons. The molecule has 0 bridgehead atoms. The molecule has 9 heteroatoms. The second kappa shape index (κ2) is 14.1. The number of nitrogens with two attached hydrogens (primary N) is 1. The molecule has 2 unspecified atom stereocenters. The van der Waals surface area contributed by atoms with E-state index in [1.807, 2.05) is 62.5 Å². The van der Waals surface area contributed by atoms with Crippen molar-refractivity contribution in [1.82, 2.24) is 19.7 Å². The standard InChI is InChI=1S/C35H49N5O4/c1-5-43-31-15-14-26(22-32(31)44-6-2)24-38(4)34(42)33(40-20-16-27(17-21-40)39-18-10-7-11-19-39)35(36,25(3)41)29-23-37-30-13-9-8-12-28(29)30/h8-9,12-15,22-23,27,33,37H,5-7,10-11,16-21,24,36H2,1-4H3. The first-order chi connectivity index (χ1) is 21.3. The third kappa shape index (κ3) is 6.50. The van der Waals surface area contributed by atoms with Gasteiger partial charge in [-0.25, -0.2) is 0 Å². The Morgan fingerprint density at radius 2 is 1.68 bits per heavy atom. The van der Waals surface area contributed by atoms with Crippen LogP contribution in [0.5, 0.6) is 11.5 Å². The van der Waals surface area contributed by atoms with Gasteiger partial charge in [0, 0.05) is 55.4 Å². The number of fused-ring (bicyclic) bond motifs is 1. The van der Waals surface area contributed by atoms with E-state index in [1.165, 1.54) is 26.2 Å². The molecular formula is C35H49N5O4. The summed E-state index contributed by atoms with van der Waals surface area (Å²) >= 11 is 0. The van der Waals surface area contributed by atoms with Gasteiger partial charge >= 0.3 is 0 Å². The number of likely N-dealkylation sites (tertiary alicyclic amines) is 2. The van der Waals surface area contributed by atoms with Crippen molar-refractivity contribution in [1.29, 1.82) is 0 Å². The highest BCUT2D eigenvalue weighted by molar-refractivity contribution is 6.00. The van der Waals surface area contributed by atoms with Crippen LogP contribution < -0.4 is 15.2 Å². The number of H-pyrrole nitrogens is 1. The predicted octanol–water partition coefficient (Wildman–Crippen LogP) is 4.69. The average Bonchev–Trinajstić information content (AvgIpc) is 3.48. The Morgan fingerprint density at radius 3 is 2.36 bits per heavy atom. The van der Waals surface area contributed by atoms with Gasteiger partial charge in [-0.15, -0.1) is 0 Å². The maximum absolute atomic E-state index is 14.7. The van der Waals surface area contributed by atoms with Gasteiger partial charge in [-0.1, -0.05) is 30.7 Å². The van der Waals surface area contributed by atoms with E-state index in [-0.39, 0.29) is 11.7 Å². The van der Waals surface area contributed by atoms with Gasteiger partial charge in [-0.3, -0.25) is 14.5 Å². The number of nitrogens with one attached hydrogen (secondary N) is 1. The Bertz CT molecular complexity index is 1430. The molecule has 0 spiro atoms. The molecule has 3 N–H and O–H groups in total. The molecule has 0 aliphatic carbocycles. The topological polar surface area (TPSA) is 104 Å². The van der Waals surface area contributed by atoms with Crippen molar-refractivity contribution in [2.24, 2.45) is 5.73 Å². The van der Waals surface area contributed by atoms with E-state index in [0.29, 0.717) is 56.0 Å².